The molecule has 0 radical (unpaired) electrons. The van der Waals surface area contributed by atoms with Crippen molar-refractivity contribution in [2.75, 3.05) is 6.26 Å². The van der Waals surface area contributed by atoms with E-state index in [1.807, 2.05) is 4.72 Å². The van der Waals surface area contributed by atoms with Crippen molar-refractivity contribution in [3.8, 4) is 0 Å². The fourth-order valence-electron chi connectivity index (χ4n) is 1.58. The Morgan fingerprint density at radius 2 is 2.17 bits per heavy atom. The molecule has 2 aromatic heterocycles. The number of aryl methyl sites for hydroxylation is 2. The first-order valence-electron chi connectivity index (χ1n) is 4.99. The Hall–Kier alpha value is -2.03. The zero-order chi connectivity index (χ0) is 13.5. The Labute approximate surface area is 103 Å². The van der Waals surface area contributed by atoms with E-state index in [-0.39, 0.29) is 5.56 Å². The van der Waals surface area contributed by atoms with Gasteiger partial charge in [0.25, 0.3) is 5.91 Å². The van der Waals surface area contributed by atoms with Crippen LogP contribution in [0.2, 0.25) is 0 Å². The second-order valence-electron chi connectivity index (χ2n) is 3.93. The van der Waals surface area contributed by atoms with E-state index in [0.29, 0.717) is 11.0 Å². The van der Waals surface area contributed by atoms with Crippen LogP contribution in [0.3, 0.4) is 0 Å². The first-order valence-corrected chi connectivity index (χ1v) is 6.88. The average molecular weight is 270 g/mol. The van der Waals surface area contributed by atoms with Gasteiger partial charge in [-0.15, -0.1) is 0 Å². The number of rotatable bonds is 2. The molecule has 0 fully saturated rings. The second-order valence-corrected chi connectivity index (χ2v) is 5.67. The van der Waals surface area contributed by atoms with E-state index in [4.69, 9.17) is 0 Å². The highest BCUT2D eigenvalue weighted by Gasteiger charge is 2.21. The summed E-state index contributed by atoms with van der Waals surface area (Å²) in [5, 5.41) is 8.65. The minimum absolute atomic E-state index is 0.209. The van der Waals surface area contributed by atoms with E-state index >= 15 is 0 Å². The molecule has 2 aromatic rings. The second kappa shape index (κ2) is 4.02. The summed E-state index contributed by atoms with van der Waals surface area (Å²) < 4.78 is 27.0. The van der Waals surface area contributed by atoms with Gasteiger partial charge in [-0.3, -0.25) is 4.79 Å². The number of fused-ring (bicyclic) bond motifs is 1. The molecule has 0 unspecified atom stereocenters. The number of aromatic nitrogens is 4. The molecule has 0 bridgehead atoms. The van der Waals surface area contributed by atoms with Gasteiger partial charge < -0.3 is 0 Å². The number of sulfonamides is 1. The molecular formula is C9H12N5O3S+. The van der Waals surface area contributed by atoms with E-state index in [2.05, 4.69) is 10.2 Å². The standard InChI is InChI=1S/C9H11N5O3S/c1-13-5-7(9(15)12-18(3,16)17)6-4-10-14(2)8(6)11-13/h4-5H,1-3H3/p+1. The van der Waals surface area contributed by atoms with Crippen LogP contribution >= 0.6 is 0 Å². The van der Waals surface area contributed by atoms with Gasteiger partial charge in [0.05, 0.1) is 17.8 Å². The van der Waals surface area contributed by atoms with Gasteiger partial charge >= 0.3 is 0 Å². The lowest BCUT2D eigenvalue weighted by Crippen LogP contribution is -2.37. The van der Waals surface area contributed by atoms with Crippen LogP contribution in [0.25, 0.3) is 11.0 Å². The van der Waals surface area contributed by atoms with Crippen LogP contribution in [0.1, 0.15) is 10.4 Å². The molecule has 0 aliphatic rings. The summed E-state index contributed by atoms with van der Waals surface area (Å²) in [5.41, 5.74) is 0.708. The number of carbonyl (C=O) groups excluding carboxylic acids is 1. The molecule has 9 heteroatoms. The first-order chi connectivity index (χ1) is 8.28. The van der Waals surface area contributed by atoms with Crippen molar-refractivity contribution in [1.82, 2.24) is 19.6 Å². The predicted molar refractivity (Wildman–Crippen MR) is 62.0 cm³/mol. The quantitative estimate of drug-likeness (QED) is 0.668. The molecule has 0 aliphatic heterocycles. The van der Waals surface area contributed by atoms with E-state index < -0.39 is 15.9 Å². The smallest absolute Gasteiger partial charge is 0.268 e. The highest BCUT2D eigenvalue weighted by atomic mass is 32.2. The highest BCUT2D eigenvalue weighted by molar-refractivity contribution is 7.89. The lowest BCUT2D eigenvalue weighted by Gasteiger charge is -2.01. The summed E-state index contributed by atoms with van der Waals surface area (Å²) in [5.74, 6) is -0.700. The van der Waals surface area contributed by atoms with Gasteiger partial charge in [-0.25, -0.2) is 17.8 Å². The Morgan fingerprint density at radius 1 is 1.50 bits per heavy atom. The zero-order valence-electron chi connectivity index (χ0n) is 10.1. The summed E-state index contributed by atoms with van der Waals surface area (Å²) in [6.45, 7) is 0. The van der Waals surface area contributed by atoms with Gasteiger partial charge in [-0.1, -0.05) is 4.68 Å². The molecule has 0 saturated heterocycles. The maximum Gasteiger partial charge on any atom is 0.271 e. The van der Waals surface area contributed by atoms with Gasteiger partial charge in [0, 0.05) is 12.1 Å². The zero-order valence-corrected chi connectivity index (χ0v) is 10.9. The molecule has 96 valence electrons. The summed E-state index contributed by atoms with van der Waals surface area (Å²) in [6, 6.07) is 0. The largest absolute Gasteiger partial charge is 0.271 e. The molecule has 18 heavy (non-hydrogen) atoms. The lowest BCUT2D eigenvalue weighted by molar-refractivity contribution is -0.728. The van der Waals surface area contributed by atoms with Crippen LogP contribution in [0.5, 0.6) is 0 Å². The van der Waals surface area contributed by atoms with Crippen molar-refractivity contribution in [3.05, 3.63) is 18.0 Å². The molecule has 8 nitrogen and oxygen atoms in total. The molecule has 2 heterocycles. The van der Waals surface area contributed by atoms with Crippen LogP contribution in [-0.4, -0.2) is 35.5 Å². The topological polar surface area (TPSA) is 97.8 Å². The van der Waals surface area contributed by atoms with Gasteiger partial charge in [0.1, 0.15) is 5.56 Å². The van der Waals surface area contributed by atoms with E-state index in [1.54, 1.807) is 14.1 Å². The van der Waals surface area contributed by atoms with E-state index in [0.717, 1.165) is 6.26 Å². The molecule has 0 aliphatic carbocycles. The van der Waals surface area contributed by atoms with Gasteiger partial charge in [0.15, 0.2) is 7.05 Å². The maximum atomic E-state index is 11.9. The van der Waals surface area contributed by atoms with Gasteiger partial charge in [0.2, 0.25) is 21.9 Å². The Balaban J connectivity index is 2.60. The average Bonchev–Trinajstić information content (AvgIpc) is 2.57. The minimum Gasteiger partial charge on any atom is -0.268 e. The van der Waals surface area contributed by atoms with Crippen molar-refractivity contribution >= 4 is 27.0 Å². The SMILES string of the molecule is Cn1ncc2c(C(=O)NS(C)(=O)=O)c[n+](C)nc21. The fourth-order valence-corrected chi connectivity index (χ4v) is 2.03. The monoisotopic (exact) mass is 270 g/mol. The molecule has 2 rings (SSSR count). The third-order valence-electron chi connectivity index (χ3n) is 2.29. The molecule has 1 N–H and O–H groups in total. The number of hydrogen-bond acceptors (Lipinski definition) is 5. The first kappa shape index (κ1) is 12.4. The maximum absolute atomic E-state index is 11.9. The van der Waals surface area contributed by atoms with Gasteiger partial charge in [-0.05, 0) is 0 Å². The molecule has 0 aromatic carbocycles. The molecule has 1 amide bonds. The molecule has 0 spiro atoms. The van der Waals surface area contributed by atoms with E-state index in [1.165, 1.54) is 21.8 Å². The van der Waals surface area contributed by atoms with Crippen molar-refractivity contribution in [1.29, 1.82) is 0 Å². The van der Waals surface area contributed by atoms with Crippen molar-refractivity contribution < 1.29 is 17.9 Å². The number of nitrogens with zero attached hydrogens (tertiary/aromatic N) is 4. The normalized spacial score (nSPS) is 11.7. The number of carbonyl (C=O) groups is 1. The Kier molecular flexibility index (Phi) is 2.77. The molecule has 0 atom stereocenters. The predicted octanol–water partition coefficient (Wildman–Crippen LogP) is -1.52. The van der Waals surface area contributed by atoms with Crippen molar-refractivity contribution in [2.24, 2.45) is 14.1 Å². The lowest BCUT2D eigenvalue weighted by atomic mass is 10.2. The third-order valence-corrected chi connectivity index (χ3v) is 2.84. The van der Waals surface area contributed by atoms with Crippen LogP contribution < -0.4 is 9.40 Å². The molecule has 0 saturated carbocycles. The molecular weight excluding hydrogens is 258 g/mol. The van der Waals surface area contributed by atoms with E-state index in [9.17, 15) is 13.2 Å². The third kappa shape index (κ3) is 2.30. The summed E-state index contributed by atoms with van der Waals surface area (Å²) in [4.78, 5) is 11.9. The number of hydrogen-bond donors (Lipinski definition) is 1. The van der Waals surface area contributed by atoms with Crippen LogP contribution in [0.15, 0.2) is 12.4 Å². The van der Waals surface area contributed by atoms with Crippen LogP contribution in [0, 0.1) is 0 Å². The number of nitrogens with one attached hydrogen (secondary N) is 1. The van der Waals surface area contributed by atoms with Gasteiger partial charge in [-0.2, -0.15) is 5.10 Å². The Morgan fingerprint density at radius 3 is 2.78 bits per heavy atom. The number of amides is 1. The minimum atomic E-state index is -3.60. The summed E-state index contributed by atoms with van der Waals surface area (Å²) in [7, 11) is -0.272. The van der Waals surface area contributed by atoms with Crippen LogP contribution in [0.4, 0.5) is 0 Å². The fraction of sp³-hybridized carbons (Fsp3) is 0.333. The summed E-state index contributed by atoms with van der Waals surface area (Å²) >= 11 is 0. The van der Waals surface area contributed by atoms with Crippen molar-refractivity contribution in [3.63, 3.8) is 0 Å². The highest BCUT2D eigenvalue weighted by Crippen LogP contribution is 2.13. The van der Waals surface area contributed by atoms with Crippen LogP contribution in [-0.2, 0) is 24.1 Å². The Bertz CT molecular complexity index is 734. The van der Waals surface area contributed by atoms with Crippen molar-refractivity contribution in [2.45, 2.75) is 0 Å². The summed E-state index contributed by atoms with van der Waals surface area (Å²) in [6.07, 6.45) is 3.84.